The molecule has 0 aromatic carbocycles. The average molecular weight is 354 g/mol. The van der Waals surface area contributed by atoms with E-state index in [0.29, 0.717) is 12.5 Å². The van der Waals surface area contributed by atoms with Gasteiger partial charge >= 0.3 is 0 Å². The Morgan fingerprint density at radius 2 is 2.25 bits per heavy atom. The summed E-state index contributed by atoms with van der Waals surface area (Å²) in [6.07, 6.45) is 7.69. The van der Waals surface area contributed by atoms with Crippen LogP contribution in [0.25, 0.3) is 0 Å². The van der Waals surface area contributed by atoms with Gasteiger partial charge in [-0.2, -0.15) is 5.26 Å². The SMILES string of the molecule is CCOC12CC3CC(C1)C(NCC(=O)N1CCC[C@H]1C#N)(C3)C2.Cl. The molecule has 5 rings (SSSR count). The molecule has 6 heteroatoms. The zero-order valence-corrected chi connectivity index (χ0v) is 15.2. The van der Waals surface area contributed by atoms with E-state index in [0.717, 1.165) is 44.8 Å². The standard InChI is InChI=1S/C18H27N3O2.ClH/c1-2-23-17-7-13-6-14(9-17)18(8-13,12-17)20-11-16(22)21-5-3-4-15(21)10-19;/h13-15,20H,2-9,11-12H2,1H3;1H/t13?,14?,15-,17?,18?;/m0./s1. The third-order valence-electron chi connectivity index (χ3n) is 6.73. The fourth-order valence-electron chi connectivity index (χ4n) is 6.13. The van der Waals surface area contributed by atoms with E-state index < -0.39 is 0 Å². The third-order valence-corrected chi connectivity index (χ3v) is 6.73. The van der Waals surface area contributed by atoms with Crippen LogP contribution in [0.3, 0.4) is 0 Å². The summed E-state index contributed by atoms with van der Waals surface area (Å²) in [6.45, 7) is 3.98. The molecule has 4 unspecified atom stereocenters. The molecule has 134 valence electrons. The van der Waals surface area contributed by atoms with Crippen LogP contribution in [0.5, 0.6) is 0 Å². The van der Waals surface area contributed by atoms with E-state index in [4.69, 9.17) is 10.00 Å². The topological polar surface area (TPSA) is 65.4 Å². The molecule has 0 radical (unpaired) electrons. The number of halogens is 1. The van der Waals surface area contributed by atoms with Crippen LogP contribution >= 0.6 is 12.4 Å². The summed E-state index contributed by atoms with van der Waals surface area (Å²) in [6, 6.07) is 2.05. The Labute approximate surface area is 150 Å². The molecule has 1 amide bonds. The number of rotatable bonds is 5. The zero-order valence-electron chi connectivity index (χ0n) is 14.4. The number of amides is 1. The van der Waals surface area contributed by atoms with E-state index in [1.807, 2.05) is 0 Å². The van der Waals surface area contributed by atoms with Crippen LogP contribution in [0.2, 0.25) is 0 Å². The number of carbonyl (C=O) groups is 1. The molecule has 4 aliphatic carbocycles. The van der Waals surface area contributed by atoms with E-state index in [9.17, 15) is 4.79 Å². The molecule has 1 N–H and O–H groups in total. The Kier molecular flexibility index (Phi) is 4.85. The largest absolute Gasteiger partial charge is 0.375 e. The second-order valence-electron chi connectivity index (χ2n) is 8.09. The van der Waals surface area contributed by atoms with Gasteiger partial charge < -0.3 is 15.0 Å². The molecule has 4 bridgehead atoms. The number of carbonyl (C=O) groups excluding carboxylic acids is 1. The fourth-order valence-corrected chi connectivity index (χ4v) is 6.13. The maximum atomic E-state index is 12.5. The van der Waals surface area contributed by atoms with Crippen LogP contribution in [-0.2, 0) is 9.53 Å². The van der Waals surface area contributed by atoms with Gasteiger partial charge in [0, 0.05) is 18.7 Å². The van der Waals surface area contributed by atoms with Crippen molar-refractivity contribution in [3.05, 3.63) is 0 Å². The minimum Gasteiger partial charge on any atom is -0.375 e. The molecule has 5 fully saturated rings. The summed E-state index contributed by atoms with van der Waals surface area (Å²) in [4.78, 5) is 14.3. The van der Waals surface area contributed by atoms with Gasteiger partial charge in [-0.15, -0.1) is 12.4 Å². The van der Waals surface area contributed by atoms with Crippen molar-refractivity contribution in [3.8, 4) is 6.07 Å². The smallest absolute Gasteiger partial charge is 0.237 e. The Morgan fingerprint density at radius 3 is 3.00 bits per heavy atom. The van der Waals surface area contributed by atoms with Crippen molar-refractivity contribution >= 4 is 18.3 Å². The summed E-state index contributed by atoms with van der Waals surface area (Å²) in [7, 11) is 0. The lowest BCUT2D eigenvalue weighted by Crippen LogP contribution is -2.53. The fraction of sp³-hybridized carbons (Fsp3) is 0.889. The predicted molar refractivity (Wildman–Crippen MR) is 92.8 cm³/mol. The quantitative estimate of drug-likeness (QED) is 0.823. The Bertz CT molecular complexity index is 551. The maximum Gasteiger partial charge on any atom is 0.237 e. The van der Waals surface area contributed by atoms with Gasteiger partial charge in [-0.1, -0.05) is 0 Å². The first kappa shape index (κ1) is 18.0. The van der Waals surface area contributed by atoms with Gasteiger partial charge in [0.15, 0.2) is 0 Å². The highest BCUT2D eigenvalue weighted by Gasteiger charge is 2.64. The van der Waals surface area contributed by atoms with Gasteiger partial charge in [0.05, 0.1) is 18.2 Å². The van der Waals surface area contributed by atoms with Gasteiger partial charge in [0.2, 0.25) is 5.91 Å². The van der Waals surface area contributed by atoms with E-state index in [-0.39, 0.29) is 35.5 Å². The maximum absolute atomic E-state index is 12.5. The van der Waals surface area contributed by atoms with Crippen LogP contribution in [0.4, 0.5) is 0 Å². The zero-order chi connectivity index (χ0) is 16.1. The van der Waals surface area contributed by atoms with Crippen LogP contribution in [-0.4, -0.2) is 47.7 Å². The summed E-state index contributed by atoms with van der Waals surface area (Å²) >= 11 is 0. The molecule has 5 aliphatic rings. The summed E-state index contributed by atoms with van der Waals surface area (Å²) < 4.78 is 6.15. The Balaban J connectivity index is 0.00000169. The molecule has 5 atom stereocenters. The first-order chi connectivity index (χ1) is 11.1. The van der Waals surface area contributed by atoms with Crippen LogP contribution < -0.4 is 5.32 Å². The summed E-state index contributed by atoms with van der Waals surface area (Å²) in [5.74, 6) is 1.52. The molecule has 1 saturated heterocycles. The Morgan fingerprint density at radius 1 is 1.42 bits per heavy atom. The van der Waals surface area contributed by atoms with Crippen LogP contribution in [0.15, 0.2) is 0 Å². The predicted octanol–water partition coefficient (Wildman–Crippen LogP) is 2.25. The summed E-state index contributed by atoms with van der Waals surface area (Å²) in [5, 5.41) is 12.8. The van der Waals surface area contributed by atoms with Crippen molar-refractivity contribution in [2.75, 3.05) is 19.7 Å². The highest BCUT2D eigenvalue weighted by molar-refractivity contribution is 5.85. The van der Waals surface area contributed by atoms with Crippen molar-refractivity contribution < 1.29 is 9.53 Å². The second kappa shape index (κ2) is 6.48. The number of hydrogen-bond acceptors (Lipinski definition) is 4. The lowest BCUT2D eigenvalue weighted by Gasteiger charge is -2.41. The minimum atomic E-state index is -0.215. The van der Waals surface area contributed by atoms with E-state index in [1.54, 1.807) is 4.90 Å². The van der Waals surface area contributed by atoms with Gasteiger partial charge in [-0.3, -0.25) is 4.79 Å². The normalized spacial score (nSPS) is 42.2. The molecule has 24 heavy (non-hydrogen) atoms. The molecular formula is C18H28ClN3O2. The first-order valence-corrected chi connectivity index (χ1v) is 9.18. The van der Waals surface area contributed by atoms with Gasteiger partial charge in [0.25, 0.3) is 0 Å². The number of hydrogen-bond donors (Lipinski definition) is 1. The van der Waals surface area contributed by atoms with Crippen molar-refractivity contribution in [1.29, 1.82) is 5.26 Å². The van der Waals surface area contributed by atoms with E-state index >= 15 is 0 Å². The van der Waals surface area contributed by atoms with Crippen molar-refractivity contribution in [2.45, 2.75) is 69.1 Å². The average Bonchev–Trinajstić information content (AvgIpc) is 3.14. The van der Waals surface area contributed by atoms with Crippen LogP contribution in [0.1, 0.15) is 51.9 Å². The molecule has 0 spiro atoms. The van der Waals surface area contributed by atoms with Crippen molar-refractivity contribution in [3.63, 3.8) is 0 Å². The molecule has 0 aromatic rings. The lowest BCUT2D eigenvalue weighted by molar-refractivity contribution is -0.130. The number of ether oxygens (including phenoxy) is 1. The highest BCUT2D eigenvalue weighted by atomic mass is 35.5. The van der Waals surface area contributed by atoms with Gasteiger partial charge in [-0.25, -0.2) is 0 Å². The molecule has 1 heterocycles. The van der Waals surface area contributed by atoms with Crippen molar-refractivity contribution in [1.82, 2.24) is 10.2 Å². The first-order valence-electron chi connectivity index (χ1n) is 9.18. The molecule has 4 saturated carbocycles. The Hall–Kier alpha value is -0.830. The lowest BCUT2D eigenvalue weighted by atomic mass is 9.77. The molecule has 1 aliphatic heterocycles. The van der Waals surface area contributed by atoms with E-state index in [2.05, 4.69) is 18.3 Å². The number of likely N-dealkylation sites (tertiary alicyclic amines) is 1. The number of nitrogens with zero attached hydrogens (tertiary/aromatic N) is 2. The number of nitriles is 1. The molecule has 5 nitrogen and oxygen atoms in total. The van der Waals surface area contributed by atoms with Gasteiger partial charge in [0.1, 0.15) is 6.04 Å². The monoisotopic (exact) mass is 353 g/mol. The van der Waals surface area contributed by atoms with Gasteiger partial charge in [-0.05, 0) is 63.7 Å². The molecular weight excluding hydrogens is 326 g/mol. The molecule has 0 aromatic heterocycles. The second-order valence-corrected chi connectivity index (χ2v) is 8.09. The number of nitrogens with one attached hydrogen (secondary N) is 1. The van der Waals surface area contributed by atoms with Crippen LogP contribution in [0, 0.1) is 23.2 Å². The third kappa shape index (κ3) is 2.73. The minimum absolute atomic E-state index is 0. The van der Waals surface area contributed by atoms with Crippen molar-refractivity contribution in [2.24, 2.45) is 11.8 Å². The van der Waals surface area contributed by atoms with E-state index in [1.165, 1.54) is 19.3 Å². The summed E-state index contributed by atoms with van der Waals surface area (Å²) in [5.41, 5.74) is 0.176. The highest BCUT2D eigenvalue weighted by Crippen LogP contribution is 2.63.